The number of esters is 1. The molecule has 140 valence electrons. The van der Waals surface area contributed by atoms with Gasteiger partial charge in [-0.25, -0.2) is 4.79 Å². The van der Waals surface area contributed by atoms with Gasteiger partial charge in [0.2, 0.25) is 5.76 Å². The lowest BCUT2D eigenvalue weighted by atomic mass is 10.1. The second-order valence-corrected chi connectivity index (χ2v) is 6.62. The number of hydrogen-bond donors (Lipinski definition) is 1. The van der Waals surface area contributed by atoms with Crippen LogP contribution in [0.2, 0.25) is 0 Å². The normalized spacial score (nSPS) is 12.1. The molecule has 3 aromatic carbocycles. The van der Waals surface area contributed by atoms with Crippen molar-refractivity contribution in [3.63, 3.8) is 0 Å². The minimum atomic E-state index is -0.973. The van der Waals surface area contributed by atoms with Crippen LogP contribution in [0.15, 0.2) is 71.1 Å². The molecule has 5 nitrogen and oxygen atoms in total. The molecule has 5 heteroatoms. The maximum Gasteiger partial charge on any atom is 0.375 e. The highest BCUT2D eigenvalue weighted by molar-refractivity contribution is 6.04. The minimum Gasteiger partial charge on any atom is -0.449 e. The molecule has 1 atom stereocenters. The summed E-state index contributed by atoms with van der Waals surface area (Å²) in [4.78, 5) is 25.1. The van der Waals surface area contributed by atoms with Gasteiger partial charge in [0.15, 0.2) is 6.10 Å². The summed E-state index contributed by atoms with van der Waals surface area (Å²) >= 11 is 0. The van der Waals surface area contributed by atoms with E-state index in [0.29, 0.717) is 16.8 Å². The smallest absolute Gasteiger partial charge is 0.375 e. The Bertz CT molecular complexity index is 1190. The highest BCUT2D eigenvalue weighted by atomic mass is 16.6. The van der Waals surface area contributed by atoms with Gasteiger partial charge in [-0.2, -0.15) is 0 Å². The average molecular weight is 373 g/mol. The monoisotopic (exact) mass is 373 g/mol. The molecule has 0 radical (unpaired) electrons. The van der Waals surface area contributed by atoms with Crippen molar-refractivity contribution in [3.05, 3.63) is 78.1 Å². The molecular weight excluding hydrogens is 354 g/mol. The first kappa shape index (κ1) is 17.8. The van der Waals surface area contributed by atoms with E-state index in [2.05, 4.69) is 5.32 Å². The predicted octanol–water partition coefficient (Wildman–Crippen LogP) is 5.08. The van der Waals surface area contributed by atoms with Gasteiger partial charge in [-0.1, -0.05) is 54.6 Å². The van der Waals surface area contributed by atoms with E-state index >= 15 is 0 Å². The highest BCUT2D eigenvalue weighted by Crippen LogP contribution is 2.26. The number of para-hydroxylation sites is 1. The Morgan fingerprint density at radius 2 is 1.61 bits per heavy atom. The van der Waals surface area contributed by atoms with Crippen LogP contribution in [0.4, 0.5) is 5.69 Å². The summed E-state index contributed by atoms with van der Waals surface area (Å²) in [6.45, 7) is 3.33. The van der Waals surface area contributed by atoms with Crippen LogP contribution >= 0.6 is 0 Å². The van der Waals surface area contributed by atoms with E-state index in [4.69, 9.17) is 9.15 Å². The zero-order valence-electron chi connectivity index (χ0n) is 15.6. The maximum atomic E-state index is 12.6. The molecule has 1 N–H and O–H groups in total. The van der Waals surface area contributed by atoms with Crippen LogP contribution in [0, 0.1) is 6.92 Å². The number of amides is 1. The van der Waals surface area contributed by atoms with Gasteiger partial charge in [-0.05, 0) is 31.4 Å². The molecule has 0 fully saturated rings. The quantitative estimate of drug-likeness (QED) is 0.507. The van der Waals surface area contributed by atoms with Crippen LogP contribution in [0.1, 0.15) is 23.0 Å². The first-order valence-corrected chi connectivity index (χ1v) is 9.02. The number of benzene rings is 3. The van der Waals surface area contributed by atoms with Crippen molar-refractivity contribution in [2.24, 2.45) is 0 Å². The number of rotatable bonds is 4. The Hall–Kier alpha value is -3.60. The van der Waals surface area contributed by atoms with Gasteiger partial charge >= 0.3 is 5.97 Å². The number of carbonyl (C=O) groups is 2. The van der Waals surface area contributed by atoms with Gasteiger partial charge in [0.25, 0.3) is 5.91 Å². The number of fused-ring (bicyclic) bond motifs is 2. The topological polar surface area (TPSA) is 68.5 Å². The van der Waals surface area contributed by atoms with E-state index < -0.39 is 18.0 Å². The predicted molar refractivity (Wildman–Crippen MR) is 108 cm³/mol. The van der Waals surface area contributed by atoms with Crippen LogP contribution in [0.5, 0.6) is 0 Å². The zero-order chi connectivity index (χ0) is 19.7. The van der Waals surface area contributed by atoms with E-state index in [1.54, 1.807) is 13.0 Å². The lowest BCUT2D eigenvalue weighted by Gasteiger charge is -2.14. The summed E-state index contributed by atoms with van der Waals surface area (Å²) < 4.78 is 11.0. The number of ether oxygens (including phenoxy) is 1. The zero-order valence-corrected chi connectivity index (χ0v) is 15.6. The van der Waals surface area contributed by atoms with Gasteiger partial charge in [-0.3, -0.25) is 4.79 Å². The SMILES string of the molecule is Cc1c(C(=O)OC(C)C(=O)Nc2cccc3ccccc23)oc2ccccc12. The molecule has 28 heavy (non-hydrogen) atoms. The number of furan rings is 1. The van der Waals surface area contributed by atoms with E-state index in [1.807, 2.05) is 60.7 Å². The lowest BCUT2D eigenvalue weighted by Crippen LogP contribution is -2.30. The average Bonchev–Trinajstić information content (AvgIpc) is 3.05. The second-order valence-electron chi connectivity index (χ2n) is 6.62. The van der Waals surface area contributed by atoms with Gasteiger partial charge in [0.1, 0.15) is 5.58 Å². The van der Waals surface area contributed by atoms with Crippen molar-refractivity contribution in [2.75, 3.05) is 5.32 Å². The van der Waals surface area contributed by atoms with Crippen molar-refractivity contribution in [3.8, 4) is 0 Å². The first-order valence-electron chi connectivity index (χ1n) is 9.02. The number of carbonyl (C=O) groups excluding carboxylic acids is 2. The maximum absolute atomic E-state index is 12.6. The fourth-order valence-corrected chi connectivity index (χ4v) is 3.21. The van der Waals surface area contributed by atoms with E-state index in [9.17, 15) is 9.59 Å². The molecule has 1 heterocycles. The molecule has 0 saturated carbocycles. The summed E-state index contributed by atoms with van der Waals surface area (Å²) in [5.41, 5.74) is 1.98. The standard InChI is InChI=1S/C23H19NO4/c1-14-17-10-5-6-13-20(17)28-21(14)23(26)27-15(2)22(25)24-19-12-7-9-16-8-3-4-11-18(16)19/h3-13,15H,1-2H3,(H,24,25). The van der Waals surface area contributed by atoms with E-state index in [1.165, 1.54) is 6.92 Å². The largest absolute Gasteiger partial charge is 0.449 e. The summed E-state index contributed by atoms with van der Waals surface area (Å²) in [5, 5.41) is 5.62. The summed E-state index contributed by atoms with van der Waals surface area (Å²) in [7, 11) is 0. The van der Waals surface area contributed by atoms with Crippen molar-refractivity contribution in [1.29, 1.82) is 0 Å². The lowest BCUT2D eigenvalue weighted by molar-refractivity contribution is -0.123. The summed E-state index contributed by atoms with van der Waals surface area (Å²) in [6.07, 6.45) is -0.973. The molecule has 4 aromatic rings. The van der Waals surface area contributed by atoms with Gasteiger partial charge < -0.3 is 14.5 Å². The van der Waals surface area contributed by atoms with Gasteiger partial charge in [0, 0.05) is 22.0 Å². The summed E-state index contributed by atoms with van der Waals surface area (Å²) in [6, 6.07) is 20.8. The molecule has 1 amide bonds. The van der Waals surface area contributed by atoms with Crippen LogP contribution in [0.3, 0.4) is 0 Å². The van der Waals surface area contributed by atoms with Crippen molar-refractivity contribution in [1.82, 2.24) is 0 Å². The van der Waals surface area contributed by atoms with Crippen LogP contribution in [-0.2, 0) is 9.53 Å². The Balaban J connectivity index is 1.51. The number of anilines is 1. The fourth-order valence-electron chi connectivity index (χ4n) is 3.21. The minimum absolute atomic E-state index is 0.117. The molecule has 0 aliphatic heterocycles. The molecule has 1 unspecified atom stereocenters. The third-order valence-corrected chi connectivity index (χ3v) is 4.73. The van der Waals surface area contributed by atoms with Crippen LogP contribution < -0.4 is 5.32 Å². The Morgan fingerprint density at radius 1 is 0.929 bits per heavy atom. The van der Waals surface area contributed by atoms with Crippen molar-refractivity contribution < 1.29 is 18.7 Å². The Kier molecular flexibility index (Phi) is 4.57. The molecule has 0 spiro atoms. The highest BCUT2D eigenvalue weighted by Gasteiger charge is 2.24. The third-order valence-electron chi connectivity index (χ3n) is 4.73. The van der Waals surface area contributed by atoms with Gasteiger partial charge in [0.05, 0.1) is 0 Å². The number of hydrogen-bond acceptors (Lipinski definition) is 4. The second kappa shape index (κ2) is 7.19. The number of aryl methyl sites for hydroxylation is 1. The third kappa shape index (κ3) is 3.22. The molecular formula is C23H19NO4. The van der Waals surface area contributed by atoms with E-state index in [0.717, 1.165) is 16.2 Å². The molecule has 0 aliphatic carbocycles. The molecule has 4 rings (SSSR count). The van der Waals surface area contributed by atoms with Crippen LogP contribution in [-0.4, -0.2) is 18.0 Å². The molecule has 1 aromatic heterocycles. The molecule has 0 bridgehead atoms. The molecule has 0 saturated heterocycles. The molecule has 0 aliphatic rings. The first-order chi connectivity index (χ1) is 13.5. The number of nitrogens with one attached hydrogen (secondary N) is 1. The van der Waals surface area contributed by atoms with Crippen LogP contribution in [0.25, 0.3) is 21.7 Å². The van der Waals surface area contributed by atoms with Crippen molar-refractivity contribution >= 4 is 39.3 Å². The summed E-state index contributed by atoms with van der Waals surface area (Å²) in [5.74, 6) is -0.946. The van der Waals surface area contributed by atoms with Gasteiger partial charge in [-0.15, -0.1) is 0 Å². The van der Waals surface area contributed by atoms with Crippen molar-refractivity contribution in [2.45, 2.75) is 20.0 Å². The fraction of sp³-hybridized carbons (Fsp3) is 0.130. The van der Waals surface area contributed by atoms with E-state index in [-0.39, 0.29) is 5.76 Å². The Morgan fingerprint density at radius 3 is 2.39 bits per heavy atom. The Labute approximate surface area is 161 Å².